The molecule has 0 aliphatic heterocycles. The van der Waals surface area contributed by atoms with Crippen molar-refractivity contribution in [1.82, 2.24) is 20.3 Å². The quantitative estimate of drug-likeness (QED) is 0.730. The lowest BCUT2D eigenvalue weighted by molar-refractivity contribution is 0.0934. The fraction of sp³-hybridized carbons (Fsp3) is 0.400. The van der Waals surface area contributed by atoms with Gasteiger partial charge in [-0.05, 0) is 25.0 Å². The van der Waals surface area contributed by atoms with Crippen molar-refractivity contribution < 1.29 is 4.79 Å². The summed E-state index contributed by atoms with van der Waals surface area (Å²) in [6, 6.07) is 3.36. The van der Waals surface area contributed by atoms with Gasteiger partial charge >= 0.3 is 0 Å². The van der Waals surface area contributed by atoms with Gasteiger partial charge in [0.2, 0.25) is 0 Å². The van der Waals surface area contributed by atoms with E-state index in [9.17, 15) is 4.79 Å². The standard InChI is InChI=1S/C15H21N5O/c1-3-6-16-13-10-11(5-7-17-13)15(21)20-12(4-2)14-18-8-9-19-14/h5,7-10,12H,3-4,6H2,1-2H3,(H,16,17)(H,18,19)(H,20,21). The summed E-state index contributed by atoms with van der Waals surface area (Å²) in [6.07, 6.45) is 6.85. The number of carbonyl (C=O) groups is 1. The van der Waals surface area contributed by atoms with Gasteiger partial charge in [0, 0.05) is 30.7 Å². The first-order valence-electron chi connectivity index (χ1n) is 7.24. The molecule has 1 amide bonds. The Labute approximate surface area is 124 Å². The van der Waals surface area contributed by atoms with Gasteiger partial charge in [-0.3, -0.25) is 4.79 Å². The average Bonchev–Trinajstić information content (AvgIpc) is 3.04. The fourth-order valence-electron chi connectivity index (χ4n) is 1.99. The third-order valence-electron chi connectivity index (χ3n) is 3.14. The van der Waals surface area contributed by atoms with Gasteiger partial charge in [0.15, 0.2) is 0 Å². The molecule has 2 rings (SSSR count). The molecule has 0 radical (unpaired) electrons. The lowest BCUT2D eigenvalue weighted by Crippen LogP contribution is -2.29. The molecule has 0 bridgehead atoms. The summed E-state index contributed by atoms with van der Waals surface area (Å²) in [7, 11) is 0. The first-order chi connectivity index (χ1) is 10.2. The minimum atomic E-state index is -0.125. The number of H-pyrrole nitrogens is 1. The number of nitrogens with zero attached hydrogens (tertiary/aromatic N) is 2. The second-order valence-electron chi connectivity index (χ2n) is 4.77. The molecule has 2 aromatic heterocycles. The molecule has 21 heavy (non-hydrogen) atoms. The first-order valence-corrected chi connectivity index (χ1v) is 7.24. The molecule has 0 aliphatic rings. The van der Waals surface area contributed by atoms with E-state index in [0.29, 0.717) is 5.56 Å². The van der Waals surface area contributed by atoms with Crippen molar-refractivity contribution in [3.05, 3.63) is 42.1 Å². The van der Waals surface area contributed by atoms with Crippen LogP contribution in [0.4, 0.5) is 5.82 Å². The molecule has 1 atom stereocenters. The van der Waals surface area contributed by atoms with Crippen LogP contribution in [0.2, 0.25) is 0 Å². The topological polar surface area (TPSA) is 82.7 Å². The number of pyridine rings is 1. The van der Waals surface area contributed by atoms with Crippen LogP contribution in [0.3, 0.4) is 0 Å². The lowest BCUT2D eigenvalue weighted by Gasteiger charge is -2.15. The van der Waals surface area contributed by atoms with Crippen LogP contribution in [0.15, 0.2) is 30.7 Å². The van der Waals surface area contributed by atoms with Crippen LogP contribution < -0.4 is 10.6 Å². The number of aromatic nitrogens is 3. The Morgan fingerprint density at radius 1 is 1.33 bits per heavy atom. The van der Waals surface area contributed by atoms with Crippen LogP contribution in [-0.4, -0.2) is 27.4 Å². The van der Waals surface area contributed by atoms with Crippen LogP contribution in [-0.2, 0) is 0 Å². The lowest BCUT2D eigenvalue weighted by atomic mass is 10.2. The summed E-state index contributed by atoms with van der Waals surface area (Å²) < 4.78 is 0. The summed E-state index contributed by atoms with van der Waals surface area (Å²) in [4.78, 5) is 23.8. The SMILES string of the molecule is CCCNc1cc(C(=O)NC(CC)c2ncc[nH]2)ccn1. The fourth-order valence-corrected chi connectivity index (χ4v) is 1.99. The van der Waals surface area contributed by atoms with Gasteiger partial charge in [0.1, 0.15) is 11.6 Å². The van der Waals surface area contributed by atoms with E-state index in [0.717, 1.165) is 31.0 Å². The maximum atomic E-state index is 12.3. The van der Waals surface area contributed by atoms with Gasteiger partial charge in [-0.25, -0.2) is 9.97 Å². The highest BCUT2D eigenvalue weighted by Gasteiger charge is 2.16. The average molecular weight is 287 g/mol. The van der Waals surface area contributed by atoms with Crippen molar-refractivity contribution in [2.45, 2.75) is 32.7 Å². The molecule has 1 unspecified atom stereocenters. The molecular weight excluding hydrogens is 266 g/mol. The molecule has 6 nitrogen and oxygen atoms in total. The molecule has 0 saturated carbocycles. The van der Waals surface area contributed by atoms with E-state index < -0.39 is 0 Å². The number of hydrogen-bond donors (Lipinski definition) is 3. The molecular formula is C15H21N5O. The summed E-state index contributed by atoms with van der Waals surface area (Å²) in [5, 5.41) is 6.16. The molecule has 2 heterocycles. The zero-order valence-corrected chi connectivity index (χ0v) is 12.4. The Morgan fingerprint density at radius 2 is 2.19 bits per heavy atom. The molecule has 0 spiro atoms. The Morgan fingerprint density at radius 3 is 2.86 bits per heavy atom. The van der Waals surface area contributed by atoms with Crippen LogP contribution in [0.5, 0.6) is 0 Å². The van der Waals surface area contributed by atoms with Gasteiger partial charge in [-0.15, -0.1) is 0 Å². The Balaban J connectivity index is 2.05. The molecule has 3 N–H and O–H groups in total. The molecule has 0 saturated heterocycles. The molecule has 0 fully saturated rings. The van der Waals surface area contributed by atoms with Crippen molar-refractivity contribution in [2.75, 3.05) is 11.9 Å². The van der Waals surface area contributed by atoms with Crippen LogP contribution in [0.1, 0.15) is 48.9 Å². The monoisotopic (exact) mass is 287 g/mol. The zero-order chi connectivity index (χ0) is 15.1. The van der Waals surface area contributed by atoms with Crippen LogP contribution in [0.25, 0.3) is 0 Å². The number of hydrogen-bond acceptors (Lipinski definition) is 4. The minimum absolute atomic E-state index is 0.118. The second-order valence-corrected chi connectivity index (χ2v) is 4.77. The van der Waals surface area contributed by atoms with E-state index in [1.54, 1.807) is 30.7 Å². The van der Waals surface area contributed by atoms with Gasteiger partial charge in [0.05, 0.1) is 6.04 Å². The van der Waals surface area contributed by atoms with Crippen molar-refractivity contribution in [3.63, 3.8) is 0 Å². The molecule has 2 aromatic rings. The van der Waals surface area contributed by atoms with E-state index in [4.69, 9.17) is 0 Å². The highest BCUT2D eigenvalue weighted by molar-refractivity contribution is 5.95. The summed E-state index contributed by atoms with van der Waals surface area (Å²) in [5.74, 6) is 1.36. The van der Waals surface area contributed by atoms with Gasteiger partial charge in [-0.1, -0.05) is 13.8 Å². The number of imidazole rings is 1. The molecule has 0 aromatic carbocycles. The van der Waals surface area contributed by atoms with E-state index in [-0.39, 0.29) is 11.9 Å². The third kappa shape index (κ3) is 4.05. The Kier molecular flexibility index (Phi) is 5.31. The van der Waals surface area contributed by atoms with E-state index in [1.807, 2.05) is 6.92 Å². The summed E-state index contributed by atoms with van der Waals surface area (Å²) >= 11 is 0. The minimum Gasteiger partial charge on any atom is -0.370 e. The molecule has 112 valence electrons. The second kappa shape index (κ2) is 7.42. The van der Waals surface area contributed by atoms with Gasteiger partial charge in [-0.2, -0.15) is 0 Å². The smallest absolute Gasteiger partial charge is 0.252 e. The van der Waals surface area contributed by atoms with Crippen molar-refractivity contribution in [1.29, 1.82) is 0 Å². The predicted molar refractivity (Wildman–Crippen MR) is 82.1 cm³/mol. The zero-order valence-electron chi connectivity index (χ0n) is 12.4. The van der Waals surface area contributed by atoms with E-state index in [2.05, 4.69) is 32.5 Å². The number of anilines is 1. The normalized spacial score (nSPS) is 11.9. The van der Waals surface area contributed by atoms with Gasteiger partial charge < -0.3 is 15.6 Å². The molecule has 6 heteroatoms. The molecule has 0 aliphatic carbocycles. The largest absolute Gasteiger partial charge is 0.370 e. The highest BCUT2D eigenvalue weighted by atomic mass is 16.1. The number of amides is 1. The highest BCUT2D eigenvalue weighted by Crippen LogP contribution is 2.13. The van der Waals surface area contributed by atoms with Crippen molar-refractivity contribution >= 4 is 11.7 Å². The predicted octanol–water partition coefficient (Wildman–Crippen LogP) is 2.51. The summed E-state index contributed by atoms with van der Waals surface area (Å²) in [6.45, 7) is 4.93. The van der Waals surface area contributed by atoms with Crippen molar-refractivity contribution in [2.24, 2.45) is 0 Å². The number of carbonyl (C=O) groups excluding carboxylic acids is 1. The Hall–Kier alpha value is -2.37. The van der Waals surface area contributed by atoms with Gasteiger partial charge in [0.25, 0.3) is 5.91 Å². The van der Waals surface area contributed by atoms with Crippen LogP contribution in [0, 0.1) is 0 Å². The third-order valence-corrected chi connectivity index (χ3v) is 3.14. The van der Waals surface area contributed by atoms with E-state index >= 15 is 0 Å². The number of rotatable bonds is 7. The van der Waals surface area contributed by atoms with Crippen LogP contribution >= 0.6 is 0 Å². The van der Waals surface area contributed by atoms with Crippen molar-refractivity contribution in [3.8, 4) is 0 Å². The number of aromatic amines is 1. The Bertz CT molecular complexity index is 567. The van der Waals surface area contributed by atoms with E-state index in [1.165, 1.54) is 0 Å². The maximum Gasteiger partial charge on any atom is 0.252 e. The maximum absolute atomic E-state index is 12.3. The number of nitrogens with one attached hydrogen (secondary N) is 3. The summed E-state index contributed by atoms with van der Waals surface area (Å²) in [5.41, 5.74) is 0.591. The first kappa shape index (κ1) is 15.0.